The molecule has 1 aliphatic heterocycles. The highest BCUT2D eigenvalue weighted by Crippen LogP contribution is 2.33. The van der Waals surface area contributed by atoms with Crippen LogP contribution in [0.1, 0.15) is 50.3 Å². The van der Waals surface area contributed by atoms with Crippen LogP contribution in [-0.2, 0) is 6.42 Å². The van der Waals surface area contributed by atoms with Gasteiger partial charge in [0.25, 0.3) is 0 Å². The average molecular weight is 651 g/mol. The highest BCUT2D eigenvalue weighted by atomic mass is 32.2. The molecule has 242 valence electrons. The Morgan fingerprint density at radius 3 is 2.59 bits per heavy atom. The maximum absolute atomic E-state index is 12.4. The Bertz CT molecular complexity index is 1690. The predicted octanol–water partition coefficient (Wildman–Crippen LogP) is 7.71. The number of benzene rings is 3. The molecule has 46 heavy (non-hydrogen) atoms. The van der Waals surface area contributed by atoms with Crippen LogP contribution in [0.3, 0.4) is 0 Å². The first kappa shape index (κ1) is 33.1. The zero-order chi connectivity index (χ0) is 32.8. The number of thioether (sulfide) groups is 1. The van der Waals surface area contributed by atoms with Gasteiger partial charge in [-0.3, -0.25) is 0 Å². The van der Waals surface area contributed by atoms with Crippen LogP contribution in [0.2, 0.25) is 0 Å². The van der Waals surface area contributed by atoms with E-state index in [-0.39, 0.29) is 11.8 Å². The molecular formula is C34H37F3N6O2S. The lowest BCUT2D eigenvalue weighted by atomic mass is 10.0. The van der Waals surface area contributed by atoms with E-state index in [1.807, 2.05) is 37.3 Å². The number of aromatic nitrogens is 3. The third kappa shape index (κ3) is 8.49. The maximum Gasteiger partial charge on any atom is 0.573 e. The molecule has 0 spiro atoms. The molecule has 1 saturated heterocycles. The minimum Gasteiger partial charge on any atom is -0.406 e. The second kappa shape index (κ2) is 14.4. The van der Waals surface area contributed by atoms with Gasteiger partial charge in [-0.05, 0) is 86.7 Å². The van der Waals surface area contributed by atoms with E-state index in [0.717, 1.165) is 52.7 Å². The van der Waals surface area contributed by atoms with Crippen LogP contribution in [0.25, 0.3) is 23.2 Å². The molecule has 0 aliphatic carbocycles. The smallest absolute Gasteiger partial charge is 0.406 e. The molecule has 2 N–H and O–H groups in total. The van der Waals surface area contributed by atoms with Gasteiger partial charge in [0.05, 0.1) is 5.69 Å². The molecular weight excluding hydrogens is 613 g/mol. The summed E-state index contributed by atoms with van der Waals surface area (Å²) in [4.78, 5) is 11.3. The Morgan fingerprint density at radius 2 is 1.89 bits per heavy atom. The molecule has 3 aromatic carbocycles. The molecule has 2 unspecified atom stereocenters. The molecule has 2 atom stereocenters. The fourth-order valence-electron chi connectivity index (χ4n) is 5.21. The van der Waals surface area contributed by atoms with E-state index in [0.29, 0.717) is 11.5 Å². The number of aliphatic hydroxyl groups is 1. The SMILES string of the molecule is CCCc1ccc(C)cc1N1/C(=N/C(O)N/C(C)=C/c2ccc(-c3ncn(-c4ccc(OC(F)(F)F)cc4)n3)cc2)SCCC1C. The van der Waals surface area contributed by atoms with Gasteiger partial charge in [-0.1, -0.05) is 61.5 Å². The van der Waals surface area contributed by atoms with Crippen molar-refractivity contribution < 1.29 is 23.0 Å². The van der Waals surface area contributed by atoms with E-state index in [2.05, 4.69) is 64.0 Å². The van der Waals surface area contributed by atoms with E-state index < -0.39 is 12.7 Å². The van der Waals surface area contributed by atoms with Crippen molar-refractivity contribution in [3.63, 3.8) is 0 Å². The molecule has 2 heterocycles. The normalized spacial score (nSPS) is 17.3. The lowest BCUT2D eigenvalue weighted by Gasteiger charge is -2.37. The number of halogens is 3. The molecule has 0 amide bonds. The number of hydrogen-bond donors (Lipinski definition) is 2. The quantitative estimate of drug-likeness (QED) is 0.170. The van der Waals surface area contributed by atoms with Crippen LogP contribution >= 0.6 is 11.8 Å². The molecule has 0 bridgehead atoms. The summed E-state index contributed by atoms with van der Waals surface area (Å²) >= 11 is 1.66. The van der Waals surface area contributed by atoms with E-state index in [1.54, 1.807) is 11.8 Å². The van der Waals surface area contributed by atoms with Crippen molar-refractivity contribution in [1.29, 1.82) is 0 Å². The van der Waals surface area contributed by atoms with Crippen LogP contribution < -0.4 is 15.0 Å². The van der Waals surface area contributed by atoms with Gasteiger partial charge in [0, 0.05) is 28.7 Å². The molecule has 12 heteroatoms. The van der Waals surface area contributed by atoms with E-state index in [9.17, 15) is 18.3 Å². The van der Waals surface area contributed by atoms with Crippen molar-refractivity contribution in [2.45, 2.75) is 65.7 Å². The van der Waals surface area contributed by atoms with Crippen molar-refractivity contribution in [3.05, 3.63) is 95.4 Å². The Kier molecular flexibility index (Phi) is 10.4. The van der Waals surface area contributed by atoms with E-state index in [1.165, 1.54) is 46.4 Å². The van der Waals surface area contributed by atoms with Gasteiger partial charge in [-0.2, -0.15) is 0 Å². The number of aryl methyl sites for hydroxylation is 2. The maximum atomic E-state index is 12.4. The van der Waals surface area contributed by atoms with Crippen molar-refractivity contribution in [3.8, 4) is 22.8 Å². The summed E-state index contributed by atoms with van der Waals surface area (Å²) in [6, 6.07) is 19.8. The Balaban J connectivity index is 1.25. The largest absolute Gasteiger partial charge is 0.573 e. The van der Waals surface area contributed by atoms with Gasteiger partial charge in [-0.15, -0.1) is 18.3 Å². The topological polar surface area (TPSA) is 87.8 Å². The third-order valence-electron chi connectivity index (χ3n) is 7.40. The van der Waals surface area contributed by atoms with Crippen molar-refractivity contribution in [2.75, 3.05) is 10.7 Å². The Labute approximate surface area is 271 Å². The first-order valence-corrected chi connectivity index (χ1v) is 16.1. The fraction of sp³-hybridized carbons (Fsp3) is 0.324. The van der Waals surface area contributed by atoms with Gasteiger partial charge in [0.2, 0.25) is 6.35 Å². The lowest BCUT2D eigenvalue weighted by Crippen LogP contribution is -2.43. The number of aliphatic hydroxyl groups excluding tert-OH is 1. The second-order valence-electron chi connectivity index (χ2n) is 11.2. The second-order valence-corrected chi connectivity index (χ2v) is 12.2. The molecule has 0 saturated carbocycles. The summed E-state index contributed by atoms with van der Waals surface area (Å²) in [7, 11) is 0. The lowest BCUT2D eigenvalue weighted by molar-refractivity contribution is -0.274. The van der Waals surface area contributed by atoms with Crippen molar-refractivity contribution in [1.82, 2.24) is 20.1 Å². The molecule has 1 fully saturated rings. The number of hydrogen-bond acceptors (Lipinski definition) is 7. The zero-order valence-electron chi connectivity index (χ0n) is 26.1. The van der Waals surface area contributed by atoms with Gasteiger partial charge < -0.3 is 20.1 Å². The number of alkyl halides is 3. The number of nitrogens with zero attached hydrogens (tertiary/aromatic N) is 5. The number of ether oxygens (including phenoxy) is 1. The van der Waals surface area contributed by atoms with E-state index in [4.69, 9.17) is 4.99 Å². The molecule has 8 nitrogen and oxygen atoms in total. The summed E-state index contributed by atoms with van der Waals surface area (Å²) < 4.78 is 42.7. The Hall–Kier alpha value is -4.29. The molecule has 1 aliphatic rings. The summed E-state index contributed by atoms with van der Waals surface area (Å²) in [6.45, 7) is 8.36. The number of nitrogens with one attached hydrogen (secondary N) is 1. The standard InChI is InChI=1S/C34H37F3N6O2S/c1-5-6-26-10-7-22(2)19-30(26)43-24(4)17-18-46-33(43)40-32(44)39-23(3)20-25-8-11-27(12-9-25)31-38-21-42(41-31)28-13-15-29(16-14-28)45-34(35,36)37/h7-16,19-21,24,32,39,44H,5-6,17-18H2,1-4H3/b23-20+,40-33-. The zero-order valence-corrected chi connectivity index (χ0v) is 26.9. The van der Waals surface area contributed by atoms with Crippen molar-refractivity contribution in [2.24, 2.45) is 4.99 Å². The minimum absolute atomic E-state index is 0.263. The molecule has 5 rings (SSSR count). The highest BCUT2D eigenvalue weighted by Gasteiger charge is 2.31. The molecule has 0 radical (unpaired) electrons. The molecule has 4 aromatic rings. The number of rotatable bonds is 10. The van der Waals surface area contributed by atoms with E-state index >= 15 is 0 Å². The minimum atomic E-state index is -4.75. The van der Waals surface area contributed by atoms with Gasteiger partial charge in [-0.25, -0.2) is 14.7 Å². The summed E-state index contributed by atoms with van der Waals surface area (Å²) in [5.74, 6) is 1.10. The number of aliphatic imine (C=N–C) groups is 1. The van der Waals surface area contributed by atoms with Crippen LogP contribution in [-0.4, -0.2) is 49.5 Å². The van der Waals surface area contributed by atoms with Crippen molar-refractivity contribution >= 4 is 28.7 Å². The average Bonchev–Trinajstić information content (AvgIpc) is 3.49. The van der Waals surface area contributed by atoms with Gasteiger partial charge >= 0.3 is 6.36 Å². The highest BCUT2D eigenvalue weighted by molar-refractivity contribution is 8.14. The summed E-state index contributed by atoms with van der Waals surface area (Å²) in [5.41, 5.74) is 6.60. The van der Waals surface area contributed by atoms with Gasteiger partial charge in [0.1, 0.15) is 12.1 Å². The van der Waals surface area contributed by atoms with Crippen LogP contribution in [0.5, 0.6) is 5.75 Å². The number of anilines is 1. The summed E-state index contributed by atoms with van der Waals surface area (Å²) in [6.07, 6.45) is 0.607. The third-order valence-corrected chi connectivity index (χ3v) is 8.40. The number of amidine groups is 1. The van der Waals surface area contributed by atoms with Crippen LogP contribution in [0, 0.1) is 6.92 Å². The fourth-order valence-corrected chi connectivity index (χ4v) is 6.44. The first-order chi connectivity index (χ1) is 22.0. The number of allylic oxidation sites excluding steroid dienone is 1. The first-order valence-electron chi connectivity index (χ1n) is 15.1. The summed E-state index contributed by atoms with van der Waals surface area (Å²) in [5, 5.41) is 19.3. The van der Waals surface area contributed by atoms with Crippen LogP contribution in [0.15, 0.2) is 83.7 Å². The predicted molar refractivity (Wildman–Crippen MR) is 178 cm³/mol. The monoisotopic (exact) mass is 650 g/mol. The molecule has 1 aromatic heterocycles. The van der Waals surface area contributed by atoms with Gasteiger partial charge in [0.15, 0.2) is 11.0 Å². The Morgan fingerprint density at radius 1 is 1.15 bits per heavy atom. The van der Waals surface area contributed by atoms with Crippen LogP contribution in [0.4, 0.5) is 18.9 Å².